The van der Waals surface area contributed by atoms with E-state index in [1.165, 1.54) is 12.8 Å². The number of hydrogen-bond acceptors (Lipinski definition) is 4. The fourth-order valence-electron chi connectivity index (χ4n) is 4.42. The summed E-state index contributed by atoms with van der Waals surface area (Å²) < 4.78 is 5.52. The van der Waals surface area contributed by atoms with Gasteiger partial charge in [-0.05, 0) is 38.8 Å². The fraction of sp³-hybridized carbons (Fsp3) is 0.952. The molecule has 0 saturated carbocycles. The second-order valence-corrected chi connectivity index (χ2v) is 8.24. The van der Waals surface area contributed by atoms with Crippen LogP contribution in [-0.4, -0.2) is 98.3 Å². The predicted molar refractivity (Wildman–Crippen MR) is 130 cm³/mol. The molecule has 166 valence electrons. The average Bonchev–Trinajstić information content (AvgIpc) is 3.16. The van der Waals surface area contributed by atoms with Crippen LogP contribution >= 0.6 is 24.0 Å². The molecule has 2 rings (SSSR count). The maximum Gasteiger partial charge on any atom is 0.194 e. The molecule has 0 bridgehead atoms. The molecular formula is C21H44IN5O. The SMILES string of the molecule is CCNC(=NCC(CC(C)C)N(CC)CC)N1CCC(N2CCOCC2)C1.I. The van der Waals surface area contributed by atoms with Gasteiger partial charge in [0, 0.05) is 44.8 Å². The summed E-state index contributed by atoms with van der Waals surface area (Å²) in [6.07, 6.45) is 2.44. The Labute approximate surface area is 190 Å². The lowest BCUT2D eigenvalue weighted by molar-refractivity contribution is 0.0195. The molecule has 0 aromatic rings. The van der Waals surface area contributed by atoms with Gasteiger partial charge < -0.3 is 15.0 Å². The second-order valence-electron chi connectivity index (χ2n) is 8.24. The Morgan fingerprint density at radius 1 is 1.14 bits per heavy atom. The van der Waals surface area contributed by atoms with E-state index in [1.807, 2.05) is 0 Å². The van der Waals surface area contributed by atoms with Gasteiger partial charge in [-0.15, -0.1) is 24.0 Å². The van der Waals surface area contributed by atoms with Crippen LogP contribution in [-0.2, 0) is 4.74 Å². The van der Waals surface area contributed by atoms with Crippen LogP contribution in [0.2, 0.25) is 0 Å². The molecular weight excluding hydrogens is 465 g/mol. The van der Waals surface area contributed by atoms with Crippen LogP contribution in [0.1, 0.15) is 47.5 Å². The summed E-state index contributed by atoms with van der Waals surface area (Å²) >= 11 is 0. The number of morpholine rings is 1. The zero-order valence-corrected chi connectivity index (χ0v) is 21.2. The molecule has 0 amide bonds. The molecule has 6 nitrogen and oxygen atoms in total. The number of likely N-dealkylation sites (N-methyl/N-ethyl adjacent to an activating group) is 1. The lowest BCUT2D eigenvalue weighted by Gasteiger charge is -2.32. The van der Waals surface area contributed by atoms with Gasteiger partial charge in [0.1, 0.15) is 0 Å². The molecule has 0 spiro atoms. The minimum Gasteiger partial charge on any atom is -0.379 e. The summed E-state index contributed by atoms with van der Waals surface area (Å²) in [5.41, 5.74) is 0. The van der Waals surface area contributed by atoms with E-state index in [2.05, 4.69) is 54.6 Å². The average molecular weight is 510 g/mol. The first-order valence-corrected chi connectivity index (χ1v) is 11.2. The summed E-state index contributed by atoms with van der Waals surface area (Å²) in [5, 5.41) is 3.55. The minimum atomic E-state index is 0. The maximum atomic E-state index is 5.52. The molecule has 2 atom stereocenters. The summed E-state index contributed by atoms with van der Waals surface area (Å²) in [6.45, 7) is 21.5. The second kappa shape index (κ2) is 14.0. The fourth-order valence-corrected chi connectivity index (χ4v) is 4.42. The van der Waals surface area contributed by atoms with E-state index in [0.29, 0.717) is 18.0 Å². The zero-order valence-electron chi connectivity index (χ0n) is 18.8. The lowest BCUT2D eigenvalue weighted by atomic mass is 10.0. The highest BCUT2D eigenvalue weighted by molar-refractivity contribution is 14.0. The Morgan fingerprint density at radius 2 is 1.82 bits per heavy atom. The number of hydrogen-bond donors (Lipinski definition) is 1. The smallest absolute Gasteiger partial charge is 0.194 e. The molecule has 2 aliphatic rings. The highest BCUT2D eigenvalue weighted by Gasteiger charge is 2.30. The summed E-state index contributed by atoms with van der Waals surface area (Å²) in [4.78, 5) is 12.7. The summed E-state index contributed by atoms with van der Waals surface area (Å²) in [6, 6.07) is 1.18. The Kier molecular flexibility index (Phi) is 12.9. The summed E-state index contributed by atoms with van der Waals surface area (Å²) in [7, 11) is 0. The molecule has 2 aliphatic heterocycles. The van der Waals surface area contributed by atoms with Crippen molar-refractivity contribution < 1.29 is 4.74 Å². The van der Waals surface area contributed by atoms with Crippen molar-refractivity contribution in [2.75, 3.05) is 65.6 Å². The van der Waals surface area contributed by atoms with E-state index in [-0.39, 0.29) is 24.0 Å². The van der Waals surface area contributed by atoms with Gasteiger partial charge in [-0.25, -0.2) is 0 Å². The van der Waals surface area contributed by atoms with Crippen LogP contribution in [0.5, 0.6) is 0 Å². The third-order valence-electron chi connectivity index (χ3n) is 5.88. The minimum absolute atomic E-state index is 0. The van der Waals surface area contributed by atoms with Gasteiger partial charge in [-0.1, -0.05) is 27.7 Å². The molecule has 0 aliphatic carbocycles. The van der Waals surface area contributed by atoms with Crippen molar-refractivity contribution in [3.05, 3.63) is 0 Å². The van der Waals surface area contributed by atoms with E-state index in [1.54, 1.807) is 0 Å². The van der Waals surface area contributed by atoms with Crippen LogP contribution < -0.4 is 5.32 Å². The van der Waals surface area contributed by atoms with E-state index >= 15 is 0 Å². The van der Waals surface area contributed by atoms with E-state index < -0.39 is 0 Å². The van der Waals surface area contributed by atoms with Crippen molar-refractivity contribution in [3.63, 3.8) is 0 Å². The van der Waals surface area contributed by atoms with Gasteiger partial charge in [0.15, 0.2) is 5.96 Å². The highest BCUT2D eigenvalue weighted by atomic mass is 127. The number of rotatable bonds is 9. The van der Waals surface area contributed by atoms with Crippen molar-refractivity contribution in [1.82, 2.24) is 20.0 Å². The molecule has 28 heavy (non-hydrogen) atoms. The Balaban J connectivity index is 0.00000392. The van der Waals surface area contributed by atoms with E-state index in [4.69, 9.17) is 9.73 Å². The molecule has 0 aromatic carbocycles. The zero-order chi connectivity index (χ0) is 19.6. The third kappa shape index (κ3) is 7.95. The quantitative estimate of drug-likeness (QED) is 0.294. The molecule has 2 fully saturated rings. The van der Waals surface area contributed by atoms with Crippen LogP contribution in [0.25, 0.3) is 0 Å². The van der Waals surface area contributed by atoms with Crippen LogP contribution in [0.4, 0.5) is 0 Å². The van der Waals surface area contributed by atoms with Crippen molar-refractivity contribution in [2.45, 2.75) is 59.5 Å². The molecule has 7 heteroatoms. The first kappa shape index (κ1) is 25.9. The number of likely N-dealkylation sites (tertiary alicyclic amines) is 1. The van der Waals surface area contributed by atoms with Gasteiger partial charge in [-0.3, -0.25) is 14.8 Å². The first-order valence-electron chi connectivity index (χ1n) is 11.2. The molecule has 0 radical (unpaired) electrons. The van der Waals surface area contributed by atoms with Crippen LogP contribution in [0.15, 0.2) is 4.99 Å². The Bertz CT molecular complexity index is 439. The molecule has 1 N–H and O–H groups in total. The number of nitrogens with one attached hydrogen (secondary N) is 1. The third-order valence-corrected chi connectivity index (χ3v) is 5.88. The number of ether oxygens (including phenoxy) is 1. The van der Waals surface area contributed by atoms with E-state index in [9.17, 15) is 0 Å². The topological polar surface area (TPSA) is 43.3 Å². The largest absolute Gasteiger partial charge is 0.379 e. The molecule has 2 unspecified atom stereocenters. The van der Waals surface area contributed by atoms with Gasteiger partial charge in [0.05, 0.1) is 19.8 Å². The predicted octanol–water partition coefficient (Wildman–Crippen LogP) is 2.73. The first-order chi connectivity index (χ1) is 13.1. The van der Waals surface area contributed by atoms with Gasteiger partial charge in [0.2, 0.25) is 0 Å². The lowest BCUT2D eigenvalue weighted by Crippen LogP contribution is -2.47. The Hall–Kier alpha value is -0.120. The normalized spacial score (nSPS) is 22.6. The Morgan fingerprint density at radius 3 is 2.39 bits per heavy atom. The number of nitrogens with zero attached hydrogens (tertiary/aromatic N) is 4. The number of halogens is 1. The maximum absolute atomic E-state index is 5.52. The van der Waals surface area contributed by atoms with Crippen LogP contribution in [0.3, 0.4) is 0 Å². The monoisotopic (exact) mass is 509 g/mol. The molecule has 2 heterocycles. The van der Waals surface area contributed by atoms with Crippen molar-refractivity contribution in [3.8, 4) is 0 Å². The van der Waals surface area contributed by atoms with Crippen molar-refractivity contribution in [1.29, 1.82) is 0 Å². The van der Waals surface area contributed by atoms with Crippen molar-refractivity contribution in [2.24, 2.45) is 10.9 Å². The van der Waals surface area contributed by atoms with Gasteiger partial charge in [-0.2, -0.15) is 0 Å². The van der Waals surface area contributed by atoms with Gasteiger partial charge in [0.25, 0.3) is 0 Å². The van der Waals surface area contributed by atoms with Gasteiger partial charge >= 0.3 is 0 Å². The highest BCUT2D eigenvalue weighted by Crippen LogP contribution is 2.18. The molecule has 0 aromatic heterocycles. The van der Waals surface area contributed by atoms with E-state index in [0.717, 1.165) is 71.5 Å². The number of aliphatic imine (C=N–C) groups is 1. The summed E-state index contributed by atoms with van der Waals surface area (Å²) in [5.74, 6) is 1.81. The standard InChI is InChI=1S/C21H43N5O.HI/c1-6-22-21(23-16-20(15-18(4)5)24(7-2)8-3)26-10-9-19(17-26)25-11-13-27-14-12-25;/h18-20H,6-17H2,1-5H3,(H,22,23);1H. The van der Waals surface area contributed by atoms with Crippen LogP contribution in [0, 0.1) is 5.92 Å². The molecule has 2 saturated heterocycles. The van der Waals surface area contributed by atoms with Crippen molar-refractivity contribution >= 4 is 29.9 Å². The number of guanidine groups is 1.